The summed E-state index contributed by atoms with van der Waals surface area (Å²) in [6.45, 7) is 0.452. The number of halogens is 2. The maximum Gasteiger partial charge on any atom is 0.243 e. The summed E-state index contributed by atoms with van der Waals surface area (Å²) >= 11 is 1.62. The van der Waals surface area contributed by atoms with Gasteiger partial charge in [0, 0.05) is 25.0 Å². The zero-order valence-corrected chi connectivity index (χ0v) is 16.0. The molecule has 0 aliphatic rings. The largest absolute Gasteiger partial charge is 0.352 e. The van der Waals surface area contributed by atoms with Crippen molar-refractivity contribution in [2.75, 3.05) is 25.2 Å². The fraction of sp³-hybridized carbons (Fsp3) is 0.263. The highest BCUT2D eigenvalue weighted by Crippen LogP contribution is 2.16. The van der Waals surface area contributed by atoms with E-state index in [1.807, 2.05) is 6.26 Å². The zero-order valence-electron chi connectivity index (χ0n) is 15.2. The standard InChI is InChI=1S/C19H22F2N4OS/c1-22-19(23-10-13-3-4-16(21)9-14(13)12-27-2)24-11-18(26)25-17-7-5-15(20)6-8-17/h3-9H,10-12H2,1-2H3,(H,25,26)(H2,22,23,24). The Morgan fingerprint density at radius 1 is 1.04 bits per heavy atom. The van der Waals surface area contributed by atoms with Gasteiger partial charge in [0.05, 0.1) is 6.54 Å². The molecule has 8 heteroatoms. The summed E-state index contributed by atoms with van der Waals surface area (Å²) < 4.78 is 26.3. The Bertz CT molecular complexity index is 797. The van der Waals surface area contributed by atoms with Gasteiger partial charge >= 0.3 is 0 Å². The van der Waals surface area contributed by atoms with Gasteiger partial charge in [-0.1, -0.05) is 6.07 Å². The molecule has 27 heavy (non-hydrogen) atoms. The van der Waals surface area contributed by atoms with Crippen LogP contribution in [0.2, 0.25) is 0 Å². The van der Waals surface area contributed by atoms with Crippen molar-refractivity contribution in [2.45, 2.75) is 12.3 Å². The first-order chi connectivity index (χ1) is 13.0. The monoisotopic (exact) mass is 392 g/mol. The van der Waals surface area contributed by atoms with Crippen LogP contribution >= 0.6 is 11.8 Å². The lowest BCUT2D eigenvalue weighted by Crippen LogP contribution is -2.41. The highest BCUT2D eigenvalue weighted by molar-refractivity contribution is 7.97. The number of anilines is 1. The van der Waals surface area contributed by atoms with Gasteiger partial charge in [-0.2, -0.15) is 11.8 Å². The number of carbonyl (C=O) groups is 1. The minimum atomic E-state index is -0.364. The van der Waals surface area contributed by atoms with Gasteiger partial charge in [-0.05, 0) is 53.8 Å². The molecule has 0 aromatic heterocycles. The Morgan fingerprint density at radius 2 is 1.74 bits per heavy atom. The molecule has 0 saturated carbocycles. The van der Waals surface area contributed by atoms with E-state index in [0.29, 0.717) is 23.9 Å². The maximum atomic E-state index is 13.4. The van der Waals surface area contributed by atoms with Crippen LogP contribution in [0.4, 0.5) is 14.5 Å². The number of hydrogen-bond donors (Lipinski definition) is 3. The Hall–Kier alpha value is -2.61. The molecule has 3 N–H and O–H groups in total. The van der Waals surface area contributed by atoms with Crippen molar-refractivity contribution in [1.29, 1.82) is 0 Å². The highest BCUT2D eigenvalue weighted by Gasteiger charge is 2.07. The van der Waals surface area contributed by atoms with E-state index < -0.39 is 0 Å². The predicted octanol–water partition coefficient (Wildman–Crippen LogP) is 3.13. The van der Waals surface area contributed by atoms with Crippen LogP contribution in [0.3, 0.4) is 0 Å². The molecule has 5 nitrogen and oxygen atoms in total. The maximum absolute atomic E-state index is 13.4. The highest BCUT2D eigenvalue weighted by atomic mass is 32.2. The predicted molar refractivity (Wildman–Crippen MR) is 107 cm³/mol. The smallest absolute Gasteiger partial charge is 0.243 e. The Balaban J connectivity index is 1.85. The van der Waals surface area contributed by atoms with Crippen LogP contribution in [0.15, 0.2) is 47.5 Å². The normalized spacial score (nSPS) is 11.2. The number of guanidine groups is 1. The Morgan fingerprint density at radius 3 is 2.41 bits per heavy atom. The molecule has 0 fully saturated rings. The van der Waals surface area contributed by atoms with E-state index >= 15 is 0 Å². The molecule has 0 aliphatic heterocycles. The van der Waals surface area contributed by atoms with Crippen LogP contribution in [0.25, 0.3) is 0 Å². The number of amides is 1. The number of nitrogens with zero attached hydrogens (tertiary/aromatic N) is 1. The molecule has 0 saturated heterocycles. The molecule has 0 spiro atoms. The van der Waals surface area contributed by atoms with Crippen LogP contribution in [0.1, 0.15) is 11.1 Å². The molecule has 2 aromatic rings. The molecule has 2 aromatic carbocycles. The third-order valence-corrected chi connectivity index (χ3v) is 4.28. The second kappa shape index (κ2) is 10.5. The molecular formula is C19H22F2N4OS. The van der Waals surface area contributed by atoms with E-state index in [0.717, 1.165) is 11.1 Å². The van der Waals surface area contributed by atoms with E-state index in [1.54, 1.807) is 24.9 Å². The summed E-state index contributed by atoms with van der Waals surface area (Å²) in [6, 6.07) is 10.2. The summed E-state index contributed by atoms with van der Waals surface area (Å²) in [7, 11) is 1.60. The lowest BCUT2D eigenvalue weighted by molar-refractivity contribution is -0.115. The van der Waals surface area contributed by atoms with Crippen LogP contribution in [0, 0.1) is 11.6 Å². The zero-order chi connectivity index (χ0) is 19.6. The van der Waals surface area contributed by atoms with E-state index in [1.165, 1.54) is 36.4 Å². The molecule has 144 valence electrons. The average Bonchev–Trinajstić information content (AvgIpc) is 2.65. The van der Waals surface area contributed by atoms with E-state index in [9.17, 15) is 13.6 Å². The Labute approximate surface area is 161 Å². The number of nitrogens with one attached hydrogen (secondary N) is 3. The van der Waals surface area contributed by atoms with Crippen LogP contribution in [0.5, 0.6) is 0 Å². The first-order valence-corrected chi connectivity index (χ1v) is 9.67. The molecule has 0 atom stereocenters. The van der Waals surface area contributed by atoms with Crippen molar-refractivity contribution in [3.05, 3.63) is 65.2 Å². The lowest BCUT2D eigenvalue weighted by Gasteiger charge is -2.14. The van der Waals surface area contributed by atoms with Crippen molar-refractivity contribution >= 4 is 29.3 Å². The van der Waals surface area contributed by atoms with Gasteiger partial charge in [-0.25, -0.2) is 8.78 Å². The van der Waals surface area contributed by atoms with Crippen molar-refractivity contribution < 1.29 is 13.6 Å². The van der Waals surface area contributed by atoms with Crippen LogP contribution in [-0.2, 0) is 17.1 Å². The molecule has 0 aliphatic carbocycles. The first kappa shape index (κ1) is 20.7. The Kier molecular flexibility index (Phi) is 8.06. The third-order valence-electron chi connectivity index (χ3n) is 3.68. The number of aliphatic imine (C=N–C) groups is 1. The molecule has 0 bridgehead atoms. The molecule has 1 amide bonds. The van der Waals surface area contributed by atoms with Gasteiger partial charge in [-0.15, -0.1) is 0 Å². The van der Waals surface area contributed by atoms with E-state index in [4.69, 9.17) is 0 Å². The van der Waals surface area contributed by atoms with Gasteiger partial charge < -0.3 is 16.0 Å². The fourth-order valence-corrected chi connectivity index (χ4v) is 2.94. The first-order valence-electron chi connectivity index (χ1n) is 8.28. The third kappa shape index (κ3) is 6.90. The minimum Gasteiger partial charge on any atom is -0.352 e. The second-order valence-corrected chi connectivity index (χ2v) is 6.55. The number of carbonyl (C=O) groups excluding carboxylic acids is 1. The van der Waals surface area contributed by atoms with Crippen molar-refractivity contribution in [2.24, 2.45) is 4.99 Å². The molecule has 0 heterocycles. The van der Waals surface area contributed by atoms with E-state index in [-0.39, 0.29) is 24.1 Å². The molecule has 0 radical (unpaired) electrons. The summed E-state index contributed by atoms with van der Waals surface area (Å²) in [5, 5.41) is 8.67. The van der Waals surface area contributed by atoms with Crippen molar-refractivity contribution in [3.8, 4) is 0 Å². The summed E-state index contributed by atoms with van der Waals surface area (Å²) in [4.78, 5) is 16.0. The number of thioether (sulfide) groups is 1. The van der Waals surface area contributed by atoms with Crippen molar-refractivity contribution in [3.63, 3.8) is 0 Å². The summed E-state index contributed by atoms with van der Waals surface area (Å²) in [5.74, 6) is 0.249. The summed E-state index contributed by atoms with van der Waals surface area (Å²) in [5.41, 5.74) is 2.39. The number of benzene rings is 2. The van der Waals surface area contributed by atoms with Gasteiger partial charge in [0.25, 0.3) is 0 Å². The average molecular weight is 392 g/mol. The molecular weight excluding hydrogens is 370 g/mol. The second-order valence-electron chi connectivity index (χ2n) is 5.68. The van der Waals surface area contributed by atoms with Gasteiger partial charge in [0.2, 0.25) is 5.91 Å². The van der Waals surface area contributed by atoms with E-state index in [2.05, 4.69) is 20.9 Å². The molecule has 2 rings (SSSR count). The molecule has 0 unspecified atom stereocenters. The lowest BCUT2D eigenvalue weighted by atomic mass is 10.1. The van der Waals surface area contributed by atoms with Gasteiger partial charge in [0.1, 0.15) is 11.6 Å². The van der Waals surface area contributed by atoms with Crippen LogP contribution in [-0.4, -0.2) is 31.7 Å². The minimum absolute atomic E-state index is 0.00185. The quantitative estimate of drug-likeness (QED) is 0.500. The van der Waals surface area contributed by atoms with Gasteiger partial charge in [-0.3, -0.25) is 9.79 Å². The van der Waals surface area contributed by atoms with Crippen molar-refractivity contribution in [1.82, 2.24) is 10.6 Å². The fourth-order valence-electron chi connectivity index (χ4n) is 2.36. The number of rotatable bonds is 7. The van der Waals surface area contributed by atoms with Crippen LogP contribution < -0.4 is 16.0 Å². The summed E-state index contributed by atoms with van der Waals surface area (Å²) in [6.07, 6.45) is 1.96. The van der Waals surface area contributed by atoms with Gasteiger partial charge in [0.15, 0.2) is 5.96 Å². The number of hydrogen-bond acceptors (Lipinski definition) is 3. The SMILES string of the molecule is CN=C(NCC(=O)Nc1ccc(F)cc1)NCc1ccc(F)cc1CSC. The topological polar surface area (TPSA) is 65.5 Å².